The molecule has 3 heteroatoms. The lowest BCUT2D eigenvalue weighted by Gasteiger charge is -2.09. The van der Waals surface area contributed by atoms with Crippen LogP contribution in [0.3, 0.4) is 0 Å². The maximum absolute atomic E-state index is 4.22. The number of hydrogen-bond donors (Lipinski definition) is 2. The van der Waals surface area contributed by atoms with E-state index < -0.39 is 0 Å². The smallest absolute Gasteiger partial charge is 0.0970 e. The fourth-order valence-corrected chi connectivity index (χ4v) is 1.95. The van der Waals surface area contributed by atoms with Gasteiger partial charge in [0.15, 0.2) is 0 Å². The van der Waals surface area contributed by atoms with Crippen molar-refractivity contribution >= 4 is 10.9 Å². The molecule has 0 aliphatic heterocycles. The molecule has 1 radical (unpaired) electrons. The van der Waals surface area contributed by atoms with Crippen molar-refractivity contribution in [2.45, 2.75) is 11.9 Å². The minimum absolute atomic E-state index is 0.111. The van der Waals surface area contributed by atoms with Gasteiger partial charge in [-0.15, -0.1) is 0 Å². The Labute approximate surface area is 64.4 Å². The van der Waals surface area contributed by atoms with Crippen molar-refractivity contribution < 1.29 is 0 Å². The van der Waals surface area contributed by atoms with Gasteiger partial charge in [0.05, 0.1) is 11.4 Å². The van der Waals surface area contributed by atoms with Crippen molar-refractivity contribution in [2.24, 2.45) is 0 Å². The highest BCUT2D eigenvalue weighted by molar-refractivity contribution is 8.16. The SMILES string of the molecule is [CH2]C[SH](C)c1nc[nH]c1C. The second kappa shape index (κ2) is 3.10. The van der Waals surface area contributed by atoms with Gasteiger partial charge < -0.3 is 4.98 Å². The lowest BCUT2D eigenvalue weighted by atomic mass is 10.6. The van der Waals surface area contributed by atoms with E-state index in [2.05, 4.69) is 30.1 Å². The van der Waals surface area contributed by atoms with Gasteiger partial charge in [-0.3, -0.25) is 0 Å². The molecule has 1 atom stereocenters. The second-order valence-electron chi connectivity index (χ2n) is 2.27. The summed E-state index contributed by atoms with van der Waals surface area (Å²) in [5.41, 5.74) is 1.19. The normalized spacial score (nSPS) is 15.3. The maximum atomic E-state index is 4.22. The molecule has 0 saturated carbocycles. The zero-order valence-electron chi connectivity index (χ0n) is 6.39. The molecule has 57 valence electrons. The van der Waals surface area contributed by atoms with Crippen LogP contribution in [0.25, 0.3) is 0 Å². The average molecular weight is 157 g/mol. The molecule has 0 bridgehead atoms. The van der Waals surface area contributed by atoms with Crippen molar-refractivity contribution in [2.75, 3.05) is 12.0 Å². The summed E-state index contributed by atoms with van der Waals surface area (Å²) < 4.78 is 0. The van der Waals surface area contributed by atoms with Crippen LogP contribution in [0.1, 0.15) is 5.69 Å². The van der Waals surface area contributed by atoms with Gasteiger partial charge in [0, 0.05) is 5.69 Å². The van der Waals surface area contributed by atoms with E-state index >= 15 is 0 Å². The van der Waals surface area contributed by atoms with Crippen LogP contribution >= 0.6 is 10.9 Å². The lowest BCUT2D eigenvalue weighted by Crippen LogP contribution is -1.86. The molecule has 1 aromatic rings. The number of aromatic nitrogens is 2. The van der Waals surface area contributed by atoms with E-state index in [1.807, 2.05) is 0 Å². The Bertz CT molecular complexity index is 207. The number of hydrogen-bond acceptors (Lipinski definition) is 1. The van der Waals surface area contributed by atoms with E-state index in [4.69, 9.17) is 0 Å². The Morgan fingerprint density at radius 1 is 1.80 bits per heavy atom. The van der Waals surface area contributed by atoms with Crippen LogP contribution in [-0.4, -0.2) is 22.0 Å². The average Bonchev–Trinajstić information content (AvgIpc) is 2.34. The second-order valence-corrected chi connectivity index (χ2v) is 4.54. The van der Waals surface area contributed by atoms with Crippen LogP contribution in [-0.2, 0) is 0 Å². The zero-order valence-corrected chi connectivity index (χ0v) is 7.28. The predicted molar refractivity (Wildman–Crippen MR) is 46.7 cm³/mol. The molecule has 0 fully saturated rings. The van der Waals surface area contributed by atoms with Crippen molar-refractivity contribution in [3.63, 3.8) is 0 Å². The highest BCUT2D eigenvalue weighted by Gasteiger charge is 2.03. The van der Waals surface area contributed by atoms with E-state index in [1.54, 1.807) is 6.33 Å². The summed E-state index contributed by atoms with van der Waals surface area (Å²) in [4.78, 5) is 7.28. The van der Waals surface area contributed by atoms with Crippen LogP contribution in [0.4, 0.5) is 0 Å². The van der Waals surface area contributed by atoms with Gasteiger partial charge in [0.2, 0.25) is 0 Å². The van der Waals surface area contributed by atoms with Crippen molar-refractivity contribution in [3.05, 3.63) is 18.9 Å². The topological polar surface area (TPSA) is 28.7 Å². The van der Waals surface area contributed by atoms with E-state index in [0.29, 0.717) is 0 Å². The number of H-pyrrole nitrogens is 1. The van der Waals surface area contributed by atoms with Crippen molar-refractivity contribution in [1.29, 1.82) is 0 Å². The van der Waals surface area contributed by atoms with Crippen LogP contribution in [0, 0.1) is 13.8 Å². The minimum Gasteiger partial charge on any atom is -0.348 e. The summed E-state index contributed by atoms with van der Waals surface area (Å²) >= 11 is 0. The molecule has 1 rings (SSSR count). The largest absolute Gasteiger partial charge is 0.348 e. The van der Waals surface area contributed by atoms with Gasteiger partial charge in [-0.1, -0.05) is 0 Å². The van der Waals surface area contributed by atoms with Gasteiger partial charge in [0.25, 0.3) is 0 Å². The van der Waals surface area contributed by atoms with E-state index in [0.717, 1.165) is 5.75 Å². The molecule has 0 saturated heterocycles. The van der Waals surface area contributed by atoms with E-state index in [-0.39, 0.29) is 10.9 Å². The third-order valence-corrected chi connectivity index (χ3v) is 3.35. The monoisotopic (exact) mass is 157 g/mol. The first-order chi connectivity index (χ1) is 4.75. The number of aryl methyl sites for hydroxylation is 1. The fraction of sp³-hybridized carbons (Fsp3) is 0.429. The number of rotatable bonds is 2. The third kappa shape index (κ3) is 1.34. The summed E-state index contributed by atoms with van der Waals surface area (Å²) in [5.74, 6) is 0.973. The molecule has 0 aliphatic carbocycles. The van der Waals surface area contributed by atoms with Gasteiger partial charge in [-0.2, -0.15) is 0 Å². The fourth-order valence-electron chi connectivity index (χ4n) is 0.842. The van der Waals surface area contributed by atoms with Crippen LogP contribution in [0.15, 0.2) is 11.4 Å². The first-order valence-electron chi connectivity index (χ1n) is 3.26. The number of aromatic amines is 1. The minimum atomic E-state index is -0.111. The third-order valence-electron chi connectivity index (χ3n) is 1.50. The summed E-state index contributed by atoms with van der Waals surface area (Å²) in [6.45, 7) is 5.91. The van der Waals surface area contributed by atoms with Gasteiger partial charge >= 0.3 is 0 Å². The van der Waals surface area contributed by atoms with E-state index in [1.165, 1.54) is 10.7 Å². The van der Waals surface area contributed by atoms with Crippen LogP contribution < -0.4 is 0 Å². The van der Waals surface area contributed by atoms with Crippen molar-refractivity contribution in [3.8, 4) is 0 Å². The maximum Gasteiger partial charge on any atom is 0.0970 e. The molecule has 10 heavy (non-hydrogen) atoms. The number of imidazole rings is 1. The molecule has 0 amide bonds. The highest BCUT2D eigenvalue weighted by atomic mass is 32.2. The molecular formula is C7H13N2S. The van der Waals surface area contributed by atoms with Gasteiger partial charge in [0.1, 0.15) is 0 Å². The standard InChI is InChI=1S/C7H13N2S/c1-4-10(3)7-6(2)8-5-9-7/h5,10H,1,4H2,2-3H3,(H,8,9). The Hall–Kier alpha value is -0.440. The first kappa shape index (κ1) is 7.66. The summed E-state index contributed by atoms with van der Waals surface area (Å²) in [6, 6.07) is 0. The molecule has 2 nitrogen and oxygen atoms in total. The highest BCUT2D eigenvalue weighted by Crippen LogP contribution is 2.31. The molecule has 1 heterocycles. The summed E-state index contributed by atoms with van der Waals surface area (Å²) in [5, 5.41) is 1.21. The van der Waals surface area contributed by atoms with Gasteiger partial charge in [-0.05, 0) is 25.9 Å². The number of nitrogens with one attached hydrogen (secondary N) is 1. The number of thiol groups is 1. The molecule has 0 aromatic carbocycles. The molecule has 0 spiro atoms. The Balaban J connectivity index is 2.82. The van der Waals surface area contributed by atoms with Crippen LogP contribution in [0.2, 0.25) is 0 Å². The Morgan fingerprint density at radius 2 is 2.50 bits per heavy atom. The number of nitrogens with zero attached hydrogens (tertiary/aromatic N) is 1. The zero-order chi connectivity index (χ0) is 7.56. The molecule has 0 aliphatic rings. The lowest BCUT2D eigenvalue weighted by molar-refractivity contribution is 1.14. The first-order valence-corrected chi connectivity index (χ1v) is 5.23. The van der Waals surface area contributed by atoms with Gasteiger partial charge in [-0.25, -0.2) is 15.9 Å². The molecule has 1 unspecified atom stereocenters. The molecular weight excluding hydrogens is 144 g/mol. The Morgan fingerprint density at radius 3 is 2.90 bits per heavy atom. The predicted octanol–water partition coefficient (Wildman–Crippen LogP) is 1.54. The summed E-state index contributed by atoms with van der Waals surface area (Å²) in [7, 11) is -0.111. The molecule has 1 aromatic heterocycles. The van der Waals surface area contributed by atoms with Crippen molar-refractivity contribution in [1.82, 2.24) is 9.97 Å². The summed E-state index contributed by atoms with van der Waals surface area (Å²) in [6.07, 6.45) is 3.95. The van der Waals surface area contributed by atoms with Crippen LogP contribution in [0.5, 0.6) is 0 Å². The molecule has 1 N–H and O–H groups in total. The quantitative estimate of drug-likeness (QED) is 0.626. The van der Waals surface area contributed by atoms with E-state index in [9.17, 15) is 0 Å². The Kier molecular flexibility index (Phi) is 2.38.